The van der Waals surface area contributed by atoms with E-state index in [1.54, 1.807) is 18.3 Å². The molecule has 1 aliphatic heterocycles. The van der Waals surface area contributed by atoms with E-state index in [1.165, 1.54) is 16.7 Å². The highest BCUT2D eigenvalue weighted by atomic mass is 35.5. The van der Waals surface area contributed by atoms with Crippen molar-refractivity contribution in [3.63, 3.8) is 0 Å². The third-order valence-electron chi connectivity index (χ3n) is 6.67. The summed E-state index contributed by atoms with van der Waals surface area (Å²) in [5.41, 5.74) is 3.56. The molecule has 4 aromatic rings. The van der Waals surface area contributed by atoms with Gasteiger partial charge < -0.3 is 15.3 Å². The molecule has 2 aromatic carbocycles. The maximum atomic E-state index is 14.1. The van der Waals surface area contributed by atoms with Crippen LogP contribution in [0.25, 0.3) is 27.8 Å². The normalized spacial score (nSPS) is 15.4. The molecular weight excluding hydrogens is 488 g/mol. The molecule has 5 rings (SSSR count). The van der Waals surface area contributed by atoms with Crippen LogP contribution in [-0.2, 0) is 6.54 Å². The average molecular weight is 515 g/mol. The van der Waals surface area contributed by atoms with Crippen molar-refractivity contribution in [2.45, 2.75) is 32.4 Å². The quantitative estimate of drug-likeness (QED) is 0.397. The van der Waals surface area contributed by atoms with Crippen LogP contribution in [-0.4, -0.2) is 50.7 Å². The number of nitrogens with zero attached hydrogens (tertiary/aromatic N) is 5. The van der Waals surface area contributed by atoms with E-state index in [4.69, 9.17) is 11.6 Å². The number of likely N-dealkylation sites (N-methyl/N-ethyl adjacent to an activating group) is 1. The number of hydrogen-bond donors (Lipinski definition) is 2. The first-order valence-electron chi connectivity index (χ1n) is 12.2. The largest absolute Gasteiger partial charge is 0.508 e. The van der Waals surface area contributed by atoms with E-state index in [0.29, 0.717) is 28.7 Å². The summed E-state index contributed by atoms with van der Waals surface area (Å²) in [5.74, 6) is -0.116. The third kappa shape index (κ3) is 5.07. The Morgan fingerprint density at radius 3 is 2.84 bits per heavy atom. The fourth-order valence-corrected chi connectivity index (χ4v) is 5.37. The minimum Gasteiger partial charge on any atom is -0.508 e. The average Bonchev–Trinajstić information content (AvgIpc) is 3.36. The fourth-order valence-electron chi connectivity index (χ4n) is 5.08. The number of benzene rings is 2. The standard InChI is InChI=1S/C28H27ClN6O2/c1-17-9-18(11-19(29)10-17)23-14-32-27-26(24(23)16-34(2)15-20-5-4-8-31-20)28(37)35(25(13-30)33-27)21-6-3-7-22(36)12-21/h3,6-7,9-12,14,20,31,36H,4-5,8,15-16H2,1-2H3/t20-/m0/s1. The zero-order valence-electron chi connectivity index (χ0n) is 20.7. The molecule has 188 valence electrons. The number of nitrogens with one attached hydrogen (secondary N) is 1. The molecule has 8 nitrogen and oxygen atoms in total. The molecule has 1 atom stereocenters. The van der Waals surface area contributed by atoms with Crippen molar-refractivity contribution >= 4 is 22.6 Å². The molecule has 1 aliphatic rings. The van der Waals surface area contributed by atoms with Gasteiger partial charge >= 0.3 is 0 Å². The van der Waals surface area contributed by atoms with Gasteiger partial charge in [-0.05, 0) is 74.3 Å². The van der Waals surface area contributed by atoms with Gasteiger partial charge in [-0.25, -0.2) is 4.98 Å². The highest BCUT2D eigenvalue weighted by Crippen LogP contribution is 2.31. The fraction of sp³-hybridized carbons (Fsp3) is 0.286. The lowest BCUT2D eigenvalue weighted by Gasteiger charge is -2.23. The first kappa shape index (κ1) is 24.9. The summed E-state index contributed by atoms with van der Waals surface area (Å²) in [7, 11) is 2.03. The second-order valence-corrected chi connectivity index (χ2v) is 10.0. The number of pyridine rings is 1. The summed E-state index contributed by atoms with van der Waals surface area (Å²) in [6.07, 6.45) is 3.97. The number of nitriles is 1. The highest BCUT2D eigenvalue weighted by molar-refractivity contribution is 6.31. The Kier molecular flexibility index (Phi) is 6.94. The van der Waals surface area contributed by atoms with Gasteiger partial charge in [0.15, 0.2) is 5.65 Å². The summed E-state index contributed by atoms with van der Waals surface area (Å²) in [5, 5.41) is 24.3. The van der Waals surface area contributed by atoms with E-state index in [1.807, 2.05) is 38.2 Å². The van der Waals surface area contributed by atoms with Crippen LogP contribution in [0.4, 0.5) is 0 Å². The molecule has 2 N–H and O–H groups in total. The van der Waals surface area contributed by atoms with Crippen LogP contribution in [0.1, 0.15) is 29.8 Å². The van der Waals surface area contributed by atoms with Crippen LogP contribution in [0, 0.1) is 18.3 Å². The number of halogens is 1. The highest BCUT2D eigenvalue weighted by Gasteiger charge is 2.23. The Morgan fingerprint density at radius 2 is 2.14 bits per heavy atom. The number of aromatic nitrogens is 3. The smallest absolute Gasteiger partial charge is 0.268 e. The van der Waals surface area contributed by atoms with Crippen molar-refractivity contribution in [2.24, 2.45) is 0 Å². The van der Waals surface area contributed by atoms with E-state index < -0.39 is 5.56 Å². The molecule has 0 spiro atoms. The predicted molar refractivity (Wildman–Crippen MR) is 144 cm³/mol. The molecule has 0 bridgehead atoms. The Hall–Kier alpha value is -3.77. The Labute approximate surface area is 219 Å². The van der Waals surface area contributed by atoms with Crippen molar-refractivity contribution < 1.29 is 5.11 Å². The van der Waals surface area contributed by atoms with Crippen molar-refractivity contribution in [2.75, 3.05) is 20.1 Å². The molecule has 0 aliphatic carbocycles. The molecular formula is C28H27ClN6O2. The first-order chi connectivity index (χ1) is 17.8. The number of phenolic OH excluding ortho intramolecular Hbond substituents is 1. The minimum absolute atomic E-state index is 0.0151. The van der Waals surface area contributed by atoms with E-state index in [-0.39, 0.29) is 17.2 Å². The molecule has 0 saturated carbocycles. The van der Waals surface area contributed by atoms with Gasteiger partial charge in [0.2, 0.25) is 5.82 Å². The van der Waals surface area contributed by atoms with Crippen molar-refractivity contribution in [3.05, 3.63) is 81.0 Å². The van der Waals surface area contributed by atoms with E-state index in [9.17, 15) is 15.2 Å². The number of hydrogen-bond acceptors (Lipinski definition) is 7. The summed E-state index contributed by atoms with van der Waals surface area (Å²) < 4.78 is 1.23. The van der Waals surface area contributed by atoms with Gasteiger partial charge in [-0.2, -0.15) is 10.2 Å². The minimum atomic E-state index is -0.414. The maximum Gasteiger partial charge on any atom is 0.268 e. The number of phenols is 1. The zero-order valence-corrected chi connectivity index (χ0v) is 21.5. The van der Waals surface area contributed by atoms with Crippen LogP contribution in [0.15, 0.2) is 53.5 Å². The zero-order chi connectivity index (χ0) is 26.1. The third-order valence-corrected chi connectivity index (χ3v) is 6.89. The SMILES string of the molecule is Cc1cc(Cl)cc(-c2cnc3nc(C#N)n(-c4cccc(O)c4)c(=O)c3c2CN(C)C[C@@H]2CCCN2)c1. The maximum absolute atomic E-state index is 14.1. The van der Waals surface area contributed by atoms with Gasteiger partial charge in [-0.1, -0.05) is 23.7 Å². The summed E-state index contributed by atoms with van der Waals surface area (Å²) in [6.45, 7) is 4.28. The van der Waals surface area contributed by atoms with Crippen LogP contribution in [0.2, 0.25) is 5.02 Å². The lowest BCUT2D eigenvalue weighted by molar-refractivity contribution is 0.294. The molecule has 2 aromatic heterocycles. The number of fused-ring (bicyclic) bond motifs is 1. The first-order valence-corrected chi connectivity index (χ1v) is 12.6. The lowest BCUT2D eigenvalue weighted by atomic mass is 9.97. The van der Waals surface area contributed by atoms with Gasteiger partial charge in [0.1, 0.15) is 11.8 Å². The number of aryl methyl sites for hydroxylation is 1. The molecule has 9 heteroatoms. The Balaban J connectivity index is 1.76. The molecule has 0 amide bonds. The second-order valence-electron chi connectivity index (χ2n) is 9.56. The van der Waals surface area contributed by atoms with Crippen molar-refractivity contribution in [1.82, 2.24) is 24.8 Å². The topological polar surface area (TPSA) is 107 Å². The van der Waals surface area contributed by atoms with Gasteiger partial charge in [-0.3, -0.25) is 9.36 Å². The molecule has 3 heterocycles. The summed E-state index contributed by atoms with van der Waals surface area (Å²) in [4.78, 5) is 25.2. The van der Waals surface area contributed by atoms with Crippen LogP contribution in [0.3, 0.4) is 0 Å². The van der Waals surface area contributed by atoms with Gasteiger partial charge in [0.05, 0.1) is 11.1 Å². The summed E-state index contributed by atoms with van der Waals surface area (Å²) in [6, 6.07) is 14.4. The molecule has 1 saturated heterocycles. The Bertz CT molecular complexity index is 1570. The van der Waals surface area contributed by atoms with Gasteiger partial charge in [-0.15, -0.1) is 0 Å². The van der Waals surface area contributed by atoms with E-state index in [2.05, 4.69) is 20.2 Å². The molecule has 1 fully saturated rings. The van der Waals surface area contributed by atoms with Crippen LogP contribution >= 0.6 is 11.6 Å². The van der Waals surface area contributed by atoms with Crippen molar-refractivity contribution in [1.29, 1.82) is 5.26 Å². The monoisotopic (exact) mass is 514 g/mol. The number of rotatable bonds is 6. The van der Waals surface area contributed by atoms with E-state index >= 15 is 0 Å². The van der Waals surface area contributed by atoms with Gasteiger partial charge in [0.25, 0.3) is 5.56 Å². The summed E-state index contributed by atoms with van der Waals surface area (Å²) >= 11 is 6.40. The van der Waals surface area contributed by atoms with E-state index in [0.717, 1.165) is 48.2 Å². The van der Waals surface area contributed by atoms with Gasteiger partial charge in [0, 0.05) is 42.0 Å². The molecule has 0 radical (unpaired) electrons. The second kappa shape index (κ2) is 10.3. The van der Waals surface area contributed by atoms with Crippen molar-refractivity contribution in [3.8, 4) is 28.6 Å². The van der Waals surface area contributed by atoms with Crippen LogP contribution < -0.4 is 10.9 Å². The van der Waals surface area contributed by atoms with Crippen LogP contribution in [0.5, 0.6) is 5.75 Å². The predicted octanol–water partition coefficient (Wildman–Crippen LogP) is 4.17. The molecule has 37 heavy (non-hydrogen) atoms. The Morgan fingerprint density at radius 1 is 1.30 bits per heavy atom. The lowest BCUT2D eigenvalue weighted by Crippen LogP contribution is -2.35. The molecule has 0 unspecified atom stereocenters. The number of aromatic hydroxyl groups is 1.